The maximum Gasteiger partial charge on any atom is 0.0195 e. The molecule has 1 saturated carbocycles. The largest absolute Gasteiger partial charge is 0.313 e. The molecule has 2 fully saturated rings. The Labute approximate surface area is 114 Å². The molecule has 18 heavy (non-hydrogen) atoms. The van der Waals surface area contributed by atoms with Gasteiger partial charge in [-0.2, -0.15) is 0 Å². The van der Waals surface area contributed by atoms with Crippen LogP contribution in [0.5, 0.6) is 0 Å². The van der Waals surface area contributed by atoms with Gasteiger partial charge in [0, 0.05) is 18.6 Å². The van der Waals surface area contributed by atoms with Crippen molar-refractivity contribution in [2.75, 3.05) is 19.6 Å². The Hall–Kier alpha value is -0.0800. The van der Waals surface area contributed by atoms with Gasteiger partial charge in [-0.15, -0.1) is 0 Å². The SMILES string of the molecule is CC(C)CCN(CC1CCCCCCN1)C1CC1. The zero-order valence-corrected chi connectivity index (χ0v) is 12.5. The average molecular weight is 252 g/mol. The predicted octanol–water partition coefficient (Wildman–Crippen LogP) is 3.42. The van der Waals surface area contributed by atoms with Crippen LogP contribution >= 0.6 is 0 Å². The Morgan fingerprint density at radius 2 is 1.83 bits per heavy atom. The molecule has 0 amide bonds. The summed E-state index contributed by atoms with van der Waals surface area (Å²) >= 11 is 0. The van der Waals surface area contributed by atoms with Gasteiger partial charge in [0.1, 0.15) is 0 Å². The highest BCUT2D eigenvalue weighted by atomic mass is 15.2. The Balaban J connectivity index is 1.75. The van der Waals surface area contributed by atoms with E-state index in [0.29, 0.717) is 0 Å². The van der Waals surface area contributed by atoms with E-state index in [4.69, 9.17) is 0 Å². The number of hydrogen-bond donors (Lipinski definition) is 1. The summed E-state index contributed by atoms with van der Waals surface area (Å²) in [6.45, 7) is 8.56. The van der Waals surface area contributed by atoms with Crippen LogP contribution in [0.3, 0.4) is 0 Å². The molecule has 2 nitrogen and oxygen atoms in total. The molecule has 2 heteroatoms. The minimum Gasteiger partial charge on any atom is -0.313 e. The zero-order valence-electron chi connectivity index (χ0n) is 12.5. The molecule has 2 rings (SSSR count). The van der Waals surface area contributed by atoms with Crippen molar-refractivity contribution in [1.29, 1.82) is 0 Å². The molecule has 1 unspecified atom stereocenters. The van der Waals surface area contributed by atoms with Gasteiger partial charge in [-0.3, -0.25) is 4.90 Å². The van der Waals surface area contributed by atoms with Crippen LogP contribution in [0.1, 0.15) is 65.2 Å². The van der Waals surface area contributed by atoms with E-state index in [1.807, 2.05) is 0 Å². The lowest BCUT2D eigenvalue weighted by Crippen LogP contribution is -2.43. The van der Waals surface area contributed by atoms with E-state index < -0.39 is 0 Å². The molecule has 1 aliphatic heterocycles. The third-order valence-corrected chi connectivity index (χ3v) is 4.42. The van der Waals surface area contributed by atoms with Crippen LogP contribution in [0.2, 0.25) is 0 Å². The molecular formula is C16H32N2. The summed E-state index contributed by atoms with van der Waals surface area (Å²) in [5.41, 5.74) is 0. The second kappa shape index (κ2) is 7.49. The lowest BCUT2D eigenvalue weighted by atomic mass is 10.0. The van der Waals surface area contributed by atoms with Crippen LogP contribution in [-0.2, 0) is 0 Å². The molecule has 0 spiro atoms. The third kappa shape index (κ3) is 5.27. The summed E-state index contributed by atoms with van der Waals surface area (Å²) < 4.78 is 0. The van der Waals surface area contributed by atoms with Crippen LogP contribution in [0.25, 0.3) is 0 Å². The molecular weight excluding hydrogens is 220 g/mol. The first kappa shape index (κ1) is 14.3. The molecule has 0 aromatic heterocycles. The van der Waals surface area contributed by atoms with Crippen LogP contribution < -0.4 is 5.32 Å². The first-order chi connectivity index (χ1) is 8.75. The molecule has 0 aromatic carbocycles. The molecule has 1 N–H and O–H groups in total. The average Bonchev–Trinajstić information content (AvgIpc) is 3.10. The van der Waals surface area contributed by atoms with Gasteiger partial charge in [0.2, 0.25) is 0 Å². The Morgan fingerprint density at radius 3 is 2.56 bits per heavy atom. The van der Waals surface area contributed by atoms with Gasteiger partial charge < -0.3 is 5.32 Å². The molecule has 106 valence electrons. The zero-order chi connectivity index (χ0) is 12.8. The van der Waals surface area contributed by atoms with Crippen molar-refractivity contribution in [1.82, 2.24) is 10.2 Å². The molecule has 1 heterocycles. The monoisotopic (exact) mass is 252 g/mol. The number of nitrogens with zero attached hydrogens (tertiary/aromatic N) is 1. The van der Waals surface area contributed by atoms with Crippen molar-refractivity contribution in [3.05, 3.63) is 0 Å². The highest BCUT2D eigenvalue weighted by molar-refractivity contribution is 4.87. The quantitative estimate of drug-likeness (QED) is 0.779. The summed E-state index contributed by atoms with van der Waals surface area (Å²) in [6, 6.07) is 1.69. The standard InChI is InChI=1S/C16H32N2/c1-14(2)10-12-18(16-8-9-16)13-15-7-5-3-4-6-11-17-15/h14-17H,3-13H2,1-2H3. The van der Waals surface area contributed by atoms with E-state index in [-0.39, 0.29) is 0 Å². The van der Waals surface area contributed by atoms with E-state index in [2.05, 4.69) is 24.1 Å². The minimum absolute atomic E-state index is 0.762. The fraction of sp³-hybridized carbons (Fsp3) is 1.00. The summed E-state index contributed by atoms with van der Waals surface area (Å²) in [5.74, 6) is 0.844. The highest BCUT2D eigenvalue weighted by Crippen LogP contribution is 2.28. The second-order valence-electron chi connectivity index (χ2n) is 6.76. The normalized spacial score (nSPS) is 26.3. The second-order valence-corrected chi connectivity index (χ2v) is 6.76. The smallest absolute Gasteiger partial charge is 0.0195 e. The molecule has 1 aliphatic carbocycles. The number of nitrogens with one attached hydrogen (secondary N) is 1. The Bertz CT molecular complexity index is 215. The summed E-state index contributed by atoms with van der Waals surface area (Å²) in [5, 5.41) is 3.78. The highest BCUT2D eigenvalue weighted by Gasteiger charge is 2.30. The third-order valence-electron chi connectivity index (χ3n) is 4.42. The van der Waals surface area contributed by atoms with Gasteiger partial charge in [-0.25, -0.2) is 0 Å². The van der Waals surface area contributed by atoms with Crippen molar-refractivity contribution in [3.63, 3.8) is 0 Å². The lowest BCUT2D eigenvalue weighted by Gasteiger charge is -2.30. The van der Waals surface area contributed by atoms with E-state index in [0.717, 1.165) is 18.0 Å². The summed E-state index contributed by atoms with van der Waals surface area (Å²) in [6.07, 6.45) is 11.4. The fourth-order valence-corrected chi connectivity index (χ4v) is 3.00. The first-order valence-electron chi connectivity index (χ1n) is 8.23. The Morgan fingerprint density at radius 1 is 1.06 bits per heavy atom. The van der Waals surface area contributed by atoms with E-state index in [9.17, 15) is 0 Å². The van der Waals surface area contributed by atoms with Crippen LogP contribution in [0.4, 0.5) is 0 Å². The van der Waals surface area contributed by atoms with Crippen LogP contribution in [-0.4, -0.2) is 36.6 Å². The first-order valence-corrected chi connectivity index (χ1v) is 8.23. The lowest BCUT2D eigenvalue weighted by molar-refractivity contribution is 0.211. The summed E-state index contributed by atoms with van der Waals surface area (Å²) in [4.78, 5) is 2.78. The maximum atomic E-state index is 3.78. The molecule has 1 saturated heterocycles. The number of hydrogen-bond acceptors (Lipinski definition) is 2. The van der Waals surface area contributed by atoms with Crippen molar-refractivity contribution in [2.24, 2.45) is 5.92 Å². The summed E-state index contributed by atoms with van der Waals surface area (Å²) in [7, 11) is 0. The van der Waals surface area contributed by atoms with Crippen LogP contribution in [0, 0.1) is 5.92 Å². The van der Waals surface area contributed by atoms with Crippen molar-refractivity contribution in [2.45, 2.75) is 77.3 Å². The van der Waals surface area contributed by atoms with E-state index >= 15 is 0 Å². The molecule has 0 bridgehead atoms. The predicted molar refractivity (Wildman–Crippen MR) is 78.9 cm³/mol. The van der Waals surface area contributed by atoms with E-state index in [1.54, 1.807) is 0 Å². The molecule has 0 aromatic rings. The van der Waals surface area contributed by atoms with Crippen molar-refractivity contribution < 1.29 is 0 Å². The molecule has 2 aliphatic rings. The minimum atomic E-state index is 0.762. The van der Waals surface area contributed by atoms with Gasteiger partial charge in [0.15, 0.2) is 0 Å². The van der Waals surface area contributed by atoms with Gasteiger partial charge in [0.25, 0.3) is 0 Å². The Kier molecular flexibility index (Phi) is 5.97. The fourth-order valence-electron chi connectivity index (χ4n) is 3.00. The maximum absolute atomic E-state index is 3.78. The van der Waals surface area contributed by atoms with Crippen molar-refractivity contribution in [3.8, 4) is 0 Å². The van der Waals surface area contributed by atoms with Gasteiger partial charge >= 0.3 is 0 Å². The topological polar surface area (TPSA) is 15.3 Å². The van der Waals surface area contributed by atoms with Crippen LogP contribution in [0.15, 0.2) is 0 Å². The van der Waals surface area contributed by atoms with Gasteiger partial charge in [-0.1, -0.05) is 33.1 Å². The van der Waals surface area contributed by atoms with Gasteiger partial charge in [-0.05, 0) is 51.1 Å². The van der Waals surface area contributed by atoms with Crippen molar-refractivity contribution >= 4 is 0 Å². The number of rotatable bonds is 6. The molecule has 1 atom stereocenters. The van der Waals surface area contributed by atoms with E-state index in [1.165, 1.54) is 71.0 Å². The molecule has 0 radical (unpaired) electrons. The van der Waals surface area contributed by atoms with Gasteiger partial charge in [0.05, 0.1) is 0 Å².